The molecule has 0 bridgehead atoms. The number of aryl methyl sites for hydroxylation is 1. The van der Waals surface area contributed by atoms with Gasteiger partial charge in [-0.3, -0.25) is 9.29 Å². The van der Waals surface area contributed by atoms with Crippen molar-refractivity contribution in [2.24, 2.45) is 0 Å². The van der Waals surface area contributed by atoms with E-state index in [1.54, 1.807) is 11.9 Å². The molecule has 1 fully saturated rings. The van der Waals surface area contributed by atoms with Gasteiger partial charge in [-0.25, -0.2) is 4.21 Å². The molecular formula is C24H21N3OS2. The Labute approximate surface area is 183 Å². The first kappa shape index (κ1) is 19.2. The molecule has 4 aromatic rings. The Bertz CT molecular complexity index is 1240. The molecule has 150 valence electrons. The number of aromatic nitrogens is 1. The second-order valence-electron chi connectivity index (χ2n) is 7.24. The Balaban J connectivity index is 1.37. The summed E-state index contributed by atoms with van der Waals surface area (Å²) >= 11 is 1.57. The zero-order valence-corrected chi connectivity index (χ0v) is 18.2. The molecule has 4 nitrogen and oxygen atoms in total. The molecule has 1 aliphatic rings. The van der Waals surface area contributed by atoms with Crippen LogP contribution in [0.1, 0.15) is 5.56 Å². The van der Waals surface area contributed by atoms with E-state index in [9.17, 15) is 4.21 Å². The fourth-order valence-corrected chi connectivity index (χ4v) is 5.08. The molecule has 30 heavy (non-hydrogen) atoms. The summed E-state index contributed by atoms with van der Waals surface area (Å²) in [5.74, 6) is 0.763. The van der Waals surface area contributed by atoms with Crippen LogP contribution in [0.25, 0.3) is 22.0 Å². The smallest absolute Gasteiger partial charge is 0.121 e. The predicted molar refractivity (Wildman–Crippen MR) is 128 cm³/mol. The molecule has 6 heteroatoms. The van der Waals surface area contributed by atoms with Crippen LogP contribution in [0.3, 0.4) is 0 Å². The van der Waals surface area contributed by atoms with Crippen LogP contribution < -0.4 is 9.03 Å². The Morgan fingerprint density at radius 2 is 1.87 bits per heavy atom. The van der Waals surface area contributed by atoms with Gasteiger partial charge in [-0.1, -0.05) is 30.3 Å². The number of nitrogens with zero attached hydrogens (tertiary/aromatic N) is 2. The molecule has 1 aliphatic heterocycles. The van der Waals surface area contributed by atoms with E-state index in [-0.39, 0.29) is 0 Å². The van der Waals surface area contributed by atoms with E-state index in [1.165, 1.54) is 10.9 Å². The average molecular weight is 432 g/mol. The largest absolute Gasteiger partial charge is 0.326 e. The second-order valence-corrected chi connectivity index (χ2v) is 9.61. The van der Waals surface area contributed by atoms with Crippen LogP contribution in [0.4, 0.5) is 11.4 Å². The fourth-order valence-electron chi connectivity index (χ4n) is 3.58. The summed E-state index contributed by atoms with van der Waals surface area (Å²) in [7, 11) is -0.849. The van der Waals surface area contributed by atoms with Crippen LogP contribution in [-0.4, -0.2) is 21.5 Å². The maximum absolute atomic E-state index is 11.7. The molecule has 0 amide bonds. The van der Waals surface area contributed by atoms with Gasteiger partial charge in [0.25, 0.3) is 0 Å². The van der Waals surface area contributed by atoms with Gasteiger partial charge in [0.15, 0.2) is 0 Å². The summed E-state index contributed by atoms with van der Waals surface area (Å²) in [6, 6.07) is 25.0. The monoisotopic (exact) mass is 431 g/mol. The SMILES string of the molecule is Cc1ccc(NSc2ccc(N3CCS3=O)cc2)cc1-c1nccc2ccccc12. The summed E-state index contributed by atoms with van der Waals surface area (Å²) in [5, 5.41) is 2.35. The Hall–Kier alpha value is -2.83. The first-order chi connectivity index (χ1) is 14.7. The number of nitrogens with one attached hydrogen (secondary N) is 1. The number of fused-ring (bicyclic) bond motifs is 1. The number of anilines is 2. The van der Waals surface area contributed by atoms with Crippen molar-refractivity contribution in [2.75, 3.05) is 21.3 Å². The van der Waals surface area contributed by atoms with Crippen molar-refractivity contribution in [3.05, 3.63) is 84.6 Å². The van der Waals surface area contributed by atoms with Crippen molar-refractivity contribution in [3.63, 3.8) is 0 Å². The van der Waals surface area contributed by atoms with E-state index in [0.717, 1.165) is 45.2 Å². The number of hydrogen-bond donors (Lipinski definition) is 1. The van der Waals surface area contributed by atoms with Gasteiger partial charge in [0, 0.05) is 40.0 Å². The van der Waals surface area contributed by atoms with Gasteiger partial charge < -0.3 is 4.72 Å². The van der Waals surface area contributed by atoms with Gasteiger partial charge in [-0.05, 0) is 72.3 Å². The van der Waals surface area contributed by atoms with Crippen LogP contribution in [-0.2, 0) is 11.0 Å². The van der Waals surface area contributed by atoms with E-state index in [4.69, 9.17) is 0 Å². The van der Waals surface area contributed by atoms with Gasteiger partial charge in [0.2, 0.25) is 0 Å². The van der Waals surface area contributed by atoms with Crippen molar-refractivity contribution < 1.29 is 4.21 Å². The second kappa shape index (κ2) is 8.13. The average Bonchev–Trinajstić information content (AvgIpc) is 2.78. The number of pyridine rings is 1. The molecule has 1 saturated heterocycles. The Kier molecular flexibility index (Phi) is 5.19. The van der Waals surface area contributed by atoms with Crippen LogP contribution in [0.15, 0.2) is 83.9 Å². The van der Waals surface area contributed by atoms with Crippen LogP contribution >= 0.6 is 11.9 Å². The Morgan fingerprint density at radius 3 is 2.63 bits per heavy atom. The topological polar surface area (TPSA) is 45.2 Å². The van der Waals surface area contributed by atoms with Gasteiger partial charge in [-0.2, -0.15) is 0 Å². The van der Waals surface area contributed by atoms with Crippen molar-refractivity contribution in [3.8, 4) is 11.3 Å². The number of rotatable bonds is 5. The molecule has 1 aromatic heterocycles. The van der Waals surface area contributed by atoms with Crippen LogP contribution in [0.5, 0.6) is 0 Å². The minimum Gasteiger partial charge on any atom is -0.326 e. The van der Waals surface area contributed by atoms with Gasteiger partial charge in [0.1, 0.15) is 11.0 Å². The van der Waals surface area contributed by atoms with E-state index in [1.807, 2.05) is 28.7 Å². The molecule has 1 atom stereocenters. The number of benzene rings is 3. The molecule has 0 saturated carbocycles. The lowest BCUT2D eigenvalue weighted by molar-refractivity contribution is 0.670. The lowest BCUT2D eigenvalue weighted by Crippen LogP contribution is -2.42. The maximum atomic E-state index is 11.7. The molecule has 0 spiro atoms. The van der Waals surface area contributed by atoms with Crippen molar-refractivity contribution in [1.82, 2.24) is 4.98 Å². The quantitative estimate of drug-likeness (QED) is 0.405. The molecule has 5 rings (SSSR count). The van der Waals surface area contributed by atoms with Crippen molar-refractivity contribution >= 4 is 45.1 Å². The third-order valence-corrected chi connectivity index (χ3v) is 7.56. The summed E-state index contributed by atoms with van der Waals surface area (Å²) in [6.45, 7) is 2.99. The highest BCUT2D eigenvalue weighted by atomic mass is 32.2. The lowest BCUT2D eigenvalue weighted by atomic mass is 10.00. The van der Waals surface area contributed by atoms with Crippen LogP contribution in [0.2, 0.25) is 0 Å². The molecular weight excluding hydrogens is 410 g/mol. The van der Waals surface area contributed by atoms with E-state index >= 15 is 0 Å². The van der Waals surface area contributed by atoms with E-state index < -0.39 is 11.0 Å². The van der Waals surface area contributed by atoms with E-state index in [0.29, 0.717) is 0 Å². The summed E-state index contributed by atoms with van der Waals surface area (Å²) in [4.78, 5) is 5.79. The molecule has 1 N–H and O–H groups in total. The summed E-state index contributed by atoms with van der Waals surface area (Å²) in [6.07, 6.45) is 1.87. The van der Waals surface area contributed by atoms with E-state index in [2.05, 4.69) is 71.2 Å². The number of hydrogen-bond acceptors (Lipinski definition) is 4. The van der Waals surface area contributed by atoms with Crippen molar-refractivity contribution in [1.29, 1.82) is 0 Å². The van der Waals surface area contributed by atoms with Crippen LogP contribution in [0, 0.1) is 6.92 Å². The zero-order chi connectivity index (χ0) is 20.5. The molecule has 0 radical (unpaired) electrons. The third-order valence-electron chi connectivity index (χ3n) is 5.29. The lowest BCUT2D eigenvalue weighted by Gasteiger charge is -2.31. The first-order valence-electron chi connectivity index (χ1n) is 9.83. The first-order valence-corrected chi connectivity index (χ1v) is 11.9. The molecule has 2 heterocycles. The third kappa shape index (κ3) is 3.68. The standard InChI is InChI=1S/C24H21N3OS2/c1-17-6-7-19(16-23(17)24-22-5-3-2-4-18(22)12-13-25-24)26-29-21-10-8-20(9-11-21)27-14-15-30(27)28/h2-13,16,26H,14-15H2,1H3. The summed E-state index contributed by atoms with van der Waals surface area (Å²) in [5.41, 5.74) is 5.38. The Morgan fingerprint density at radius 1 is 1.03 bits per heavy atom. The molecule has 0 aliphatic carbocycles. The highest BCUT2D eigenvalue weighted by molar-refractivity contribution is 8.00. The minimum atomic E-state index is -0.849. The van der Waals surface area contributed by atoms with Crippen molar-refractivity contribution in [2.45, 2.75) is 11.8 Å². The minimum absolute atomic E-state index is 0.763. The zero-order valence-electron chi connectivity index (χ0n) is 16.5. The van der Waals surface area contributed by atoms with Gasteiger partial charge in [-0.15, -0.1) is 0 Å². The molecule has 1 unspecified atom stereocenters. The van der Waals surface area contributed by atoms with Gasteiger partial charge in [0.05, 0.1) is 11.4 Å². The summed E-state index contributed by atoms with van der Waals surface area (Å²) < 4.78 is 17.1. The molecule has 3 aromatic carbocycles. The highest BCUT2D eigenvalue weighted by Crippen LogP contribution is 2.32. The van der Waals surface area contributed by atoms with Gasteiger partial charge >= 0.3 is 0 Å². The highest BCUT2D eigenvalue weighted by Gasteiger charge is 2.23. The predicted octanol–water partition coefficient (Wildman–Crippen LogP) is 5.81. The fraction of sp³-hybridized carbons (Fsp3) is 0.125. The normalized spacial score (nSPS) is 15.8. The maximum Gasteiger partial charge on any atom is 0.121 e.